The Morgan fingerprint density at radius 3 is 2.85 bits per heavy atom. The largest absolute Gasteiger partial charge is 0.333 e. The molecular formula is C19H20ClF2N3O. The molecule has 0 radical (unpaired) electrons. The summed E-state index contributed by atoms with van der Waals surface area (Å²) in [6.07, 6.45) is 4.05. The highest BCUT2D eigenvalue weighted by Crippen LogP contribution is 2.50. The third-order valence-corrected chi connectivity index (χ3v) is 5.08. The molecule has 4 rings (SSSR count). The number of nitrogens with one attached hydrogen (secondary N) is 1. The lowest BCUT2D eigenvalue weighted by Gasteiger charge is -2.36. The zero-order valence-corrected chi connectivity index (χ0v) is 14.9. The molecule has 2 aliphatic rings. The highest BCUT2D eigenvalue weighted by Gasteiger charge is 2.48. The van der Waals surface area contributed by atoms with Gasteiger partial charge in [0.05, 0.1) is 6.04 Å². The predicted molar refractivity (Wildman–Crippen MR) is 96.0 cm³/mol. The molecule has 4 nitrogen and oxygen atoms in total. The number of carbonyl (C=O) groups is 1. The maximum atomic E-state index is 14.0. The van der Waals surface area contributed by atoms with Crippen molar-refractivity contribution < 1.29 is 13.6 Å². The van der Waals surface area contributed by atoms with Crippen LogP contribution in [0.3, 0.4) is 0 Å². The summed E-state index contributed by atoms with van der Waals surface area (Å²) in [5.74, 6) is -2.16. The van der Waals surface area contributed by atoms with E-state index >= 15 is 0 Å². The molecule has 1 aromatic carbocycles. The van der Waals surface area contributed by atoms with Gasteiger partial charge < -0.3 is 10.2 Å². The van der Waals surface area contributed by atoms with Crippen molar-refractivity contribution in [3.05, 3.63) is 65.5 Å². The Morgan fingerprint density at radius 1 is 1.23 bits per heavy atom. The average molecular weight is 380 g/mol. The number of nitrogens with zero attached hydrogens (tertiary/aromatic N) is 2. The van der Waals surface area contributed by atoms with Crippen LogP contribution in [0.15, 0.2) is 42.7 Å². The molecule has 1 aliphatic heterocycles. The first-order chi connectivity index (χ1) is 12.2. The third kappa shape index (κ3) is 3.44. The minimum atomic E-state index is -0.856. The molecule has 3 unspecified atom stereocenters. The van der Waals surface area contributed by atoms with E-state index in [0.717, 1.165) is 18.2 Å². The number of amides is 1. The van der Waals surface area contributed by atoms with Crippen molar-refractivity contribution in [3.8, 4) is 0 Å². The second kappa shape index (κ2) is 7.68. The van der Waals surface area contributed by atoms with E-state index in [1.165, 1.54) is 6.07 Å². The smallest absolute Gasteiger partial charge is 0.226 e. The Bertz CT molecular complexity index is 790. The number of benzene rings is 1. The average Bonchev–Trinajstić information content (AvgIpc) is 3.45. The molecule has 1 amide bonds. The highest BCUT2D eigenvalue weighted by molar-refractivity contribution is 5.85. The van der Waals surface area contributed by atoms with Gasteiger partial charge in [-0.25, -0.2) is 8.78 Å². The zero-order chi connectivity index (χ0) is 17.4. The summed E-state index contributed by atoms with van der Waals surface area (Å²) in [5.41, 5.74) is 1.29. The topological polar surface area (TPSA) is 45.2 Å². The van der Waals surface area contributed by atoms with Crippen molar-refractivity contribution in [1.29, 1.82) is 0 Å². The van der Waals surface area contributed by atoms with Crippen LogP contribution in [0.5, 0.6) is 0 Å². The molecule has 2 fully saturated rings. The van der Waals surface area contributed by atoms with Crippen LogP contribution in [0.4, 0.5) is 8.78 Å². The van der Waals surface area contributed by atoms with Gasteiger partial charge in [0.2, 0.25) is 5.91 Å². The Balaban J connectivity index is 0.00000196. The molecule has 1 aliphatic carbocycles. The van der Waals surface area contributed by atoms with Gasteiger partial charge in [0, 0.05) is 37.9 Å². The van der Waals surface area contributed by atoms with E-state index in [1.54, 1.807) is 18.5 Å². The Kier molecular flexibility index (Phi) is 5.53. The first kappa shape index (κ1) is 18.7. The lowest BCUT2D eigenvalue weighted by Crippen LogP contribution is -2.49. The van der Waals surface area contributed by atoms with Gasteiger partial charge in [-0.1, -0.05) is 18.2 Å². The Hall–Kier alpha value is -2.05. The molecule has 1 N–H and O–H groups in total. The van der Waals surface area contributed by atoms with Crippen LogP contribution in [-0.2, 0) is 4.79 Å². The number of piperazine rings is 1. The predicted octanol–water partition coefficient (Wildman–Crippen LogP) is 3.06. The van der Waals surface area contributed by atoms with Gasteiger partial charge in [0.25, 0.3) is 0 Å². The standard InChI is InChI=1S/C19H19F2N3O.ClH/c20-16-5-1-4-13(18(16)21)14-9-15(14)19(25)24-8-7-23-11-17(24)12-3-2-6-22-10-12;/h1-6,10,14-15,17,23H,7-9,11H2;1H. The Morgan fingerprint density at radius 2 is 2.08 bits per heavy atom. The van der Waals surface area contributed by atoms with E-state index in [2.05, 4.69) is 10.3 Å². The molecular weight excluding hydrogens is 360 g/mol. The lowest BCUT2D eigenvalue weighted by atomic mass is 10.0. The van der Waals surface area contributed by atoms with E-state index in [0.29, 0.717) is 25.1 Å². The first-order valence-corrected chi connectivity index (χ1v) is 8.52. The maximum Gasteiger partial charge on any atom is 0.226 e. The fourth-order valence-corrected chi connectivity index (χ4v) is 3.67. The van der Waals surface area contributed by atoms with Gasteiger partial charge >= 0.3 is 0 Å². The van der Waals surface area contributed by atoms with Gasteiger partial charge in [-0.2, -0.15) is 0 Å². The Labute approximate surface area is 157 Å². The molecule has 138 valence electrons. The van der Waals surface area contributed by atoms with Crippen LogP contribution < -0.4 is 5.32 Å². The van der Waals surface area contributed by atoms with E-state index in [9.17, 15) is 13.6 Å². The molecule has 0 bridgehead atoms. The van der Waals surface area contributed by atoms with Crippen molar-refractivity contribution in [2.75, 3.05) is 19.6 Å². The maximum absolute atomic E-state index is 14.0. The number of pyridine rings is 1. The van der Waals surface area contributed by atoms with Crippen LogP contribution in [-0.4, -0.2) is 35.4 Å². The summed E-state index contributed by atoms with van der Waals surface area (Å²) in [5, 5.41) is 3.31. The summed E-state index contributed by atoms with van der Waals surface area (Å²) >= 11 is 0. The molecule has 1 aromatic heterocycles. The summed E-state index contributed by atoms with van der Waals surface area (Å²) in [4.78, 5) is 19.0. The molecule has 1 saturated carbocycles. The van der Waals surface area contributed by atoms with Gasteiger partial charge in [-0.05, 0) is 35.6 Å². The van der Waals surface area contributed by atoms with Crippen molar-refractivity contribution in [1.82, 2.24) is 15.2 Å². The fraction of sp³-hybridized carbons (Fsp3) is 0.368. The molecule has 3 atom stereocenters. The second-order valence-electron chi connectivity index (χ2n) is 6.63. The van der Waals surface area contributed by atoms with Gasteiger partial charge in [0.15, 0.2) is 11.6 Å². The molecule has 26 heavy (non-hydrogen) atoms. The molecule has 7 heteroatoms. The number of hydrogen-bond donors (Lipinski definition) is 1. The number of aromatic nitrogens is 1. The van der Waals surface area contributed by atoms with Gasteiger partial charge in [-0.3, -0.25) is 9.78 Å². The molecule has 2 aromatic rings. The summed E-state index contributed by atoms with van der Waals surface area (Å²) in [7, 11) is 0. The number of carbonyl (C=O) groups excluding carboxylic acids is 1. The number of hydrogen-bond acceptors (Lipinski definition) is 3. The van der Waals surface area contributed by atoms with E-state index < -0.39 is 11.6 Å². The van der Waals surface area contributed by atoms with Crippen LogP contribution in [0.1, 0.15) is 29.5 Å². The van der Waals surface area contributed by atoms with Crippen LogP contribution in [0, 0.1) is 17.6 Å². The minimum Gasteiger partial charge on any atom is -0.333 e. The van der Waals surface area contributed by atoms with Crippen molar-refractivity contribution >= 4 is 18.3 Å². The van der Waals surface area contributed by atoms with Gasteiger partial charge in [0.1, 0.15) is 0 Å². The highest BCUT2D eigenvalue weighted by atomic mass is 35.5. The van der Waals surface area contributed by atoms with Crippen LogP contribution >= 0.6 is 12.4 Å². The van der Waals surface area contributed by atoms with Crippen molar-refractivity contribution in [2.45, 2.75) is 18.4 Å². The van der Waals surface area contributed by atoms with Gasteiger partial charge in [-0.15, -0.1) is 12.4 Å². The van der Waals surface area contributed by atoms with Crippen molar-refractivity contribution in [3.63, 3.8) is 0 Å². The molecule has 0 spiro atoms. The second-order valence-corrected chi connectivity index (χ2v) is 6.63. The molecule has 2 heterocycles. The summed E-state index contributed by atoms with van der Waals surface area (Å²) < 4.78 is 27.4. The van der Waals surface area contributed by atoms with Crippen molar-refractivity contribution in [2.24, 2.45) is 5.92 Å². The van der Waals surface area contributed by atoms with E-state index in [1.807, 2.05) is 17.0 Å². The lowest BCUT2D eigenvalue weighted by molar-refractivity contribution is -0.136. The number of rotatable bonds is 3. The van der Waals surface area contributed by atoms with Crippen LogP contribution in [0.2, 0.25) is 0 Å². The third-order valence-electron chi connectivity index (χ3n) is 5.08. The van der Waals surface area contributed by atoms with E-state index in [-0.39, 0.29) is 36.2 Å². The molecule has 1 saturated heterocycles. The summed E-state index contributed by atoms with van der Waals surface area (Å²) in [6, 6.07) is 7.92. The van der Waals surface area contributed by atoms with E-state index in [4.69, 9.17) is 0 Å². The normalized spacial score (nSPS) is 24.7. The summed E-state index contributed by atoms with van der Waals surface area (Å²) in [6.45, 7) is 2.00. The minimum absolute atomic E-state index is 0. The number of halogens is 3. The monoisotopic (exact) mass is 379 g/mol. The SMILES string of the molecule is Cl.O=C(C1CC1c1cccc(F)c1F)N1CCNCC1c1cccnc1. The van der Waals surface area contributed by atoms with Crippen LogP contribution in [0.25, 0.3) is 0 Å². The quantitative estimate of drug-likeness (QED) is 0.891. The zero-order valence-electron chi connectivity index (χ0n) is 14.1. The first-order valence-electron chi connectivity index (χ1n) is 8.52. The fourth-order valence-electron chi connectivity index (χ4n) is 3.67.